The van der Waals surface area contributed by atoms with E-state index in [1.54, 1.807) is 0 Å². The highest BCUT2D eigenvalue weighted by atomic mass is 79.9. The molecule has 0 heterocycles. The summed E-state index contributed by atoms with van der Waals surface area (Å²) < 4.78 is 7.64. The molecule has 0 saturated heterocycles. The standard InChI is InChI=1S/C18H28BrNO/c1-4-11-20-12-10-18(8-5-9-18)21-17-7-6-15(19)13-16(17)14(2)3/h6-7,13-14,20H,4-5,8-12H2,1-3H3. The molecule has 0 amide bonds. The molecule has 1 fully saturated rings. The van der Waals surface area contributed by atoms with Gasteiger partial charge in [-0.15, -0.1) is 0 Å². The highest BCUT2D eigenvalue weighted by molar-refractivity contribution is 9.10. The molecule has 0 aliphatic heterocycles. The van der Waals surface area contributed by atoms with E-state index in [4.69, 9.17) is 4.74 Å². The fourth-order valence-corrected chi connectivity index (χ4v) is 3.27. The van der Waals surface area contributed by atoms with Crippen LogP contribution in [0.3, 0.4) is 0 Å². The number of benzene rings is 1. The Morgan fingerprint density at radius 3 is 2.62 bits per heavy atom. The summed E-state index contributed by atoms with van der Waals surface area (Å²) >= 11 is 3.57. The first-order chi connectivity index (χ1) is 10.1. The van der Waals surface area contributed by atoms with Crippen molar-refractivity contribution in [1.29, 1.82) is 0 Å². The van der Waals surface area contributed by atoms with Crippen LogP contribution in [-0.4, -0.2) is 18.7 Å². The Balaban J connectivity index is 2.04. The third-order valence-electron chi connectivity index (χ3n) is 4.37. The Morgan fingerprint density at radius 2 is 2.05 bits per heavy atom. The van der Waals surface area contributed by atoms with Crippen LogP contribution in [0.1, 0.15) is 64.4 Å². The quantitative estimate of drug-likeness (QED) is 0.643. The van der Waals surface area contributed by atoms with E-state index in [1.165, 1.54) is 31.2 Å². The summed E-state index contributed by atoms with van der Waals surface area (Å²) in [5, 5.41) is 3.50. The predicted octanol–water partition coefficient (Wildman–Crippen LogP) is 5.26. The van der Waals surface area contributed by atoms with Crippen molar-refractivity contribution in [3.8, 4) is 5.75 Å². The number of nitrogens with one attached hydrogen (secondary N) is 1. The van der Waals surface area contributed by atoms with E-state index in [9.17, 15) is 0 Å². The van der Waals surface area contributed by atoms with E-state index >= 15 is 0 Å². The van der Waals surface area contributed by atoms with Crippen molar-refractivity contribution in [2.24, 2.45) is 0 Å². The molecular weight excluding hydrogens is 326 g/mol. The topological polar surface area (TPSA) is 21.3 Å². The van der Waals surface area contributed by atoms with Gasteiger partial charge in [0.15, 0.2) is 0 Å². The SMILES string of the molecule is CCCNCCC1(Oc2ccc(Br)cc2C(C)C)CCC1. The van der Waals surface area contributed by atoms with Gasteiger partial charge in [-0.2, -0.15) is 0 Å². The van der Waals surface area contributed by atoms with Crippen molar-refractivity contribution >= 4 is 15.9 Å². The summed E-state index contributed by atoms with van der Waals surface area (Å²) in [7, 11) is 0. The van der Waals surface area contributed by atoms with Crippen molar-refractivity contribution in [3.05, 3.63) is 28.2 Å². The summed E-state index contributed by atoms with van der Waals surface area (Å²) in [6.45, 7) is 8.82. The summed E-state index contributed by atoms with van der Waals surface area (Å²) in [5.74, 6) is 1.55. The van der Waals surface area contributed by atoms with Crippen LogP contribution in [0.4, 0.5) is 0 Å². The zero-order valence-corrected chi connectivity index (χ0v) is 15.1. The second-order valence-electron chi connectivity index (χ2n) is 6.48. The first-order valence-electron chi connectivity index (χ1n) is 8.25. The van der Waals surface area contributed by atoms with Crippen LogP contribution in [-0.2, 0) is 0 Å². The van der Waals surface area contributed by atoms with Gasteiger partial charge in [0.25, 0.3) is 0 Å². The van der Waals surface area contributed by atoms with Crippen LogP contribution in [0.15, 0.2) is 22.7 Å². The lowest BCUT2D eigenvalue weighted by Crippen LogP contribution is -2.45. The molecule has 1 N–H and O–H groups in total. The maximum absolute atomic E-state index is 6.50. The molecule has 3 heteroatoms. The molecule has 0 atom stereocenters. The van der Waals surface area contributed by atoms with Gasteiger partial charge in [0.2, 0.25) is 0 Å². The molecule has 0 bridgehead atoms. The molecule has 0 aromatic heterocycles. The number of ether oxygens (including phenoxy) is 1. The molecule has 1 aromatic rings. The van der Waals surface area contributed by atoms with Gasteiger partial charge in [0.1, 0.15) is 11.4 Å². The van der Waals surface area contributed by atoms with Gasteiger partial charge in [-0.1, -0.05) is 36.7 Å². The number of hydrogen-bond donors (Lipinski definition) is 1. The van der Waals surface area contributed by atoms with Crippen molar-refractivity contribution in [1.82, 2.24) is 5.32 Å². The molecule has 1 aromatic carbocycles. The molecular formula is C18H28BrNO. The Morgan fingerprint density at radius 1 is 1.29 bits per heavy atom. The first-order valence-corrected chi connectivity index (χ1v) is 9.05. The van der Waals surface area contributed by atoms with Crippen LogP contribution >= 0.6 is 15.9 Å². The van der Waals surface area contributed by atoms with Gasteiger partial charge in [-0.25, -0.2) is 0 Å². The molecule has 2 rings (SSSR count). The van der Waals surface area contributed by atoms with Gasteiger partial charge in [-0.3, -0.25) is 0 Å². The lowest BCUT2D eigenvalue weighted by Gasteiger charge is -2.43. The Hall–Kier alpha value is -0.540. The predicted molar refractivity (Wildman–Crippen MR) is 93.2 cm³/mol. The minimum Gasteiger partial charge on any atom is -0.487 e. The highest BCUT2D eigenvalue weighted by Gasteiger charge is 2.39. The smallest absolute Gasteiger partial charge is 0.123 e. The average Bonchev–Trinajstić information content (AvgIpc) is 2.41. The van der Waals surface area contributed by atoms with Gasteiger partial charge >= 0.3 is 0 Å². The summed E-state index contributed by atoms with van der Waals surface area (Å²) in [6, 6.07) is 6.41. The molecule has 21 heavy (non-hydrogen) atoms. The largest absolute Gasteiger partial charge is 0.487 e. The highest BCUT2D eigenvalue weighted by Crippen LogP contribution is 2.41. The summed E-state index contributed by atoms with van der Waals surface area (Å²) in [6.07, 6.45) is 5.97. The molecule has 118 valence electrons. The summed E-state index contributed by atoms with van der Waals surface area (Å²) in [4.78, 5) is 0. The molecule has 2 nitrogen and oxygen atoms in total. The Labute approximate surface area is 137 Å². The van der Waals surface area contributed by atoms with Crippen LogP contribution in [0.25, 0.3) is 0 Å². The van der Waals surface area contributed by atoms with Gasteiger partial charge in [0, 0.05) is 4.47 Å². The monoisotopic (exact) mass is 353 g/mol. The average molecular weight is 354 g/mol. The zero-order chi connectivity index (χ0) is 15.3. The van der Waals surface area contributed by atoms with Gasteiger partial charge in [-0.05, 0) is 74.9 Å². The third-order valence-corrected chi connectivity index (χ3v) is 4.86. The number of halogens is 1. The third kappa shape index (κ3) is 4.46. The molecule has 0 unspecified atom stereocenters. The van der Waals surface area contributed by atoms with Gasteiger partial charge < -0.3 is 10.1 Å². The van der Waals surface area contributed by atoms with Gasteiger partial charge in [0.05, 0.1) is 0 Å². The van der Waals surface area contributed by atoms with E-state index in [-0.39, 0.29) is 5.60 Å². The Bertz CT molecular complexity index is 455. The second-order valence-corrected chi connectivity index (χ2v) is 7.39. The molecule has 1 aliphatic carbocycles. The van der Waals surface area contributed by atoms with Crippen LogP contribution in [0.2, 0.25) is 0 Å². The van der Waals surface area contributed by atoms with Crippen molar-refractivity contribution < 1.29 is 4.74 Å². The minimum absolute atomic E-state index is 0.0677. The lowest BCUT2D eigenvalue weighted by molar-refractivity contribution is -0.0151. The summed E-state index contributed by atoms with van der Waals surface area (Å²) in [5.41, 5.74) is 1.37. The van der Waals surface area contributed by atoms with Crippen LogP contribution in [0, 0.1) is 0 Å². The normalized spacial score (nSPS) is 16.8. The minimum atomic E-state index is 0.0677. The number of hydrogen-bond acceptors (Lipinski definition) is 2. The fraction of sp³-hybridized carbons (Fsp3) is 0.667. The fourth-order valence-electron chi connectivity index (χ4n) is 2.89. The van der Waals surface area contributed by atoms with Crippen LogP contribution in [0.5, 0.6) is 5.75 Å². The van der Waals surface area contributed by atoms with E-state index in [0.717, 1.165) is 29.7 Å². The van der Waals surface area contributed by atoms with E-state index < -0.39 is 0 Å². The van der Waals surface area contributed by atoms with E-state index in [1.807, 2.05) is 0 Å². The molecule has 0 radical (unpaired) electrons. The Kier molecular flexibility index (Phi) is 6.12. The van der Waals surface area contributed by atoms with E-state index in [0.29, 0.717) is 5.92 Å². The molecule has 1 saturated carbocycles. The maximum Gasteiger partial charge on any atom is 0.123 e. The maximum atomic E-state index is 6.50. The van der Waals surface area contributed by atoms with E-state index in [2.05, 4.69) is 60.2 Å². The van der Waals surface area contributed by atoms with Crippen molar-refractivity contribution in [2.75, 3.05) is 13.1 Å². The molecule has 0 spiro atoms. The van der Waals surface area contributed by atoms with Crippen molar-refractivity contribution in [3.63, 3.8) is 0 Å². The molecule has 1 aliphatic rings. The zero-order valence-electron chi connectivity index (χ0n) is 13.5. The van der Waals surface area contributed by atoms with Crippen molar-refractivity contribution in [2.45, 2.75) is 64.4 Å². The lowest BCUT2D eigenvalue weighted by atomic mass is 9.77. The number of rotatable bonds is 8. The van der Waals surface area contributed by atoms with Crippen LogP contribution < -0.4 is 10.1 Å². The second kappa shape index (κ2) is 7.64. The first kappa shape index (κ1) is 16.8.